The molecule has 0 saturated carbocycles. The quantitative estimate of drug-likeness (QED) is 0.683. The molecule has 0 unspecified atom stereocenters. The minimum absolute atomic E-state index is 0.0299. The highest BCUT2D eigenvalue weighted by atomic mass is 32.2. The summed E-state index contributed by atoms with van der Waals surface area (Å²) in [5.41, 5.74) is 0.596. The van der Waals surface area contributed by atoms with Crippen LogP contribution < -0.4 is 14.4 Å². The number of nitrogens with zero attached hydrogens (tertiary/aromatic N) is 2. The molecule has 9 heteroatoms. The summed E-state index contributed by atoms with van der Waals surface area (Å²) >= 11 is 0. The van der Waals surface area contributed by atoms with E-state index in [1.807, 2.05) is 20.8 Å². The molecule has 1 aromatic carbocycles. The molecule has 0 aliphatic heterocycles. The topological polar surface area (TPSA) is 102 Å². The van der Waals surface area contributed by atoms with Crippen LogP contribution in [0, 0.1) is 13.8 Å². The molecule has 0 bridgehead atoms. The van der Waals surface area contributed by atoms with Gasteiger partial charge in [-0.1, -0.05) is 12.1 Å². The number of carbonyl (C=O) groups excluding carboxylic acids is 1. The molecular formula is C19H27N3O5S. The number of sulfonamides is 1. The van der Waals surface area contributed by atoms with E-state index in [1.54, 1.807) is 31.2 Å². The van der Waals surface area contributed by atoms with Crippen molar-refractivity contribution in [1.29, 1.82) is 0 Å². The molecule has 28 heavy (non-hydrogen) atoms. The first-order valence-electron chi connectivity index (χ1n) is 9.18. The zero-order chi connectivity index (χ0) is 20.9. The third-order valence-corrected chi connectivity index (χ3v) is 6.28. The number of rotatable bonds is 9. The van der Waals surface area contributed by atoms with Gasteiger partial charge in [-0.05, 0) is 58.4 Å². The van der Waals surface area contributed by atoms with Crippen LogP contribution in [-0.4, -0.2) is 38.7 Å². The Hall–Kier alpha value is -2.55. The molecule has 0 radical (unpaired) electrons. The number of aryl methyl sites for hydroxylation is 2. The van der Waals surface area contributed by atoms with Gasteiger partial charge in [0.1, 0.15) is 18.0 Å². The minimum atomic E-state index is -4.06. The number of aromatic nitrogens is 1. The summed E-state index contributed by atoms with van der Waals surface area (Å²) in [6, 6.07) is 6.49. The Morgan fingerprint density at radius 3 is 2.39 bits per heavy atom. The van der Waals surface area contributed by atoms with Gasteiger partial charge in [0.15, 0.2) is 10.7 Å². The number of hydrogen-bond donors (Lipinski definition) is 1. The summed E-state index contributed by atoms with van der Waals surface area (Å²) in [5.74, 6) is 0.402. The lowest BCUT2D eigenvalue weighted by atomic mass is 10.2. The maximum absolute atomic E-state index is 13.4. The molecule has 0 aliphatic carbocycles. The maximum Gasteiger partial charge on any atom is 0.270 e. The van der Waals surface area contributed by atoms with Crippen molar-refractivity contribution in [1.82, 2.24) is 10.5 Å². The standard InChI is InChI=1S/C19H27N3O5S/c1-6-13(3)20-18(23)12-22(16-8-10-17(11-9-16)26-7-2)28(24,25)19-14(4)21-27-15(19)5/h8-11,13H,6-7,12H2,1-5H3,(H,20,23)/t13-/m0/s1. The highest BCUT2D eigenvalue weighted by Gasteiger charge is 2.33. The molecule has 0 aliphatic rings. The molecule has 8 nitrogen and oxygen atoms in total. The van der Waals surface area contributed by atoms with Gasteiger partial charge in [0.2, 0.25) is 5.91 Å². The van der Waals surface area contributed by atoms with E-state index in [4.69, 9.17) is 9.26 Å². The first kappa shape index (κ1) is 21.7. The van der Waals surface area contributed by atoms with Gasteiger partial charge in [0.05, 0.1) is 12.3 Å². The lowest BCUT2D eigenvalue weighted by molar-refractivity contribution is -0.120. The molecule has 2 aromatic rings. The average molecular weight is 410 g/mol. The van der Waals surface area contributed by atoms with Gasteiger partial charge in [0, 0.05) is 6.04 Å². The Morgan fingerprint density at radius 2 is 1.89 bits per heavy atom. The zero-order valence-electron chi connectivity index (χ0n) is 16.9. The van der Waals surface area contributed by atoms with Crippen molar-refractivity contribution >= 4 is 21.6 Å². The van der Waals surface area contributed by atoms with E-state index in [0.29, 0.717) is 18.0 Å². The van der Waals surface area contributed by atoms with Gasteiger partial charge in [-0.2, -0.15) is 0 Å². The molecule has 1 amide bonds. The van der Waals surface area contributed by atoms with Crippen molar-refractivity contribution in [3.8, 4) is 5.75 Å². The number of carbonyl (C=O) groups is 1. The van der Waals surface area contributed by atoms with Gasteiger partial charge < -0.3 is 14.6 Å². The van der Waals surface area contributed by atoms with Crippen molar-refractivity contribution in [2.75, 3.05) is 17.5 Å². The van der Waals surface area contributed by atoms with Crippen LogP contribution in [0.25, 0.3) is 0 Å². The van der Waals surface area contributed by atoms with Gasteiger partial charge in [-0.3, -0.25) is 9.10 Å². The third-order valence-electron chi connectivity index (χ3n) is 4.26. The average Bonchev–Trinajstić information content (AvgIpc) is 2.99. The summed E-state index contributed by atoms with van der Waals surface area (Å²) in [4.78, 5) is 12.4. The lowest BCUT2D eigenvalue weighted by Gasteiger charge is -2.25. The molecule has 0 spiro atoms. The Labute approximate surface area is 165 Å². The second-order valence-corrected chi connectivity index (χ2v) is 8.27. The first-order chi connectivity index (χ1) is 13.2. The van der Waals surface area contributed by atoms with Crippen LogP contribution in [-0.2, 0) is 14.8 Å². The van der Waals surface area contributed by atoms with Crippen LogP contribution in [0.3, 0.4) is 0 Å². The van der Waals surface area contributed by atoms with Crippen molar-refractivity contribution < 1.29 is 22.5 Å². The summed E-state index contributed by atoms with van der Waals surface area (Å²) in [7, 11) is -4.06. The molecular weight excluding hydrogens is 382 g/mol. The molecule has 0 saturated heterocycles. The van der Waals surface area contributed by atoms with Crippen molar-refractivity contribution in [2.24, 2.45) is 0 Å². The van der Waals surface area contributed by atoms with E-state index in [9.17, 15) is 13.2 Å². The first-order valence-corrected chi connectivity index (χ1v) is 10.6. The fourth-order valence-corrected chi connectivity index (χ4v) is 4.41. The molecule has 1 atom stereocenters. The van der Waals surface area contributed by atoms with E-state index in [1.165, 1.54) is 6.92 Å². The van der Waals surface area contributed by atoms with Crippen LogP contribution in [0.5, 0.6) is 5.75 Å². The second-order valence-electron chi connectivity index (χ2n) is 6.47. The molecule has 0 fully saturated rings. The summed E-state index contributed by atoms with van der Waals surface area (Å²) in [6.07, 6.45) is 0.741. The van der Waals surface area contributed by atoms with Gasteiger partial charge in [-0.15, -0.1) is 0 Å². The van der Waals surface area contributed by atoms with E-state index < -0.39 is 15.9 Å². The smallest absolute Gasteiger partial charge is 0.270 e. The summed E-state index contributed by atoms with van der Waals surface area (Å²) < 4.78 is 38.2. The van der Waals surface area contributed by atoms with Gasteiger partial charge in [0.25, 0.3) is 10.0 Å². The Morgan fingerprint density at radius 1 is 1.25 bits per heavy atom. The number of amides is 1. The highest BCUT2D eigenvalue weighted by Crippen LogP contribution is 2.29. The normalized spacial score (nSPS) is 12.5. The predicted octanol–water partition coefficient (Wildman–Crippen LogP) is 2.80. The molecule has 2 rings (SSSR count). The van der Waals surface area contributed by atoms with Crippen LogP contribution in [0.2, 0.25) is 0 Å². The number of benzene rings is 1. The number of hydrogen-bond acceptors (Lipinski definition) is 6. The van der Waals surface area contributed by atoms with E-state index in [2.05, 4.69) is 10.5 Å². The summed E-state index contributed by atoms with van der Waals surface area (Å²) in [6.45, 7) is 8.89. The van der Waals surface area contributed by atoms with Crippen molar-refractivity contribution in [3.05, 3.63) is 35.7 Å². The SMILES string of the molecule is CCOc1ccc(N(CC(=O)N[C@@H](C)CC)S(=O)(=O)c2c(C)noc2C)cc1. The van der Waals surface area contributed by atoms with E-state index in [0.717, 1.165) is 10.7 Å². The number of nitrogens with one attached hydrogen (secondary N) is 1. The second kappa shape index (κ2) is 9.09. The minimum Gasteiger partial charge on any atom is -0.494 e. The monoisotopic (exact) mass is 409 g/mol. The van der Waals surface area contributed by atoms with Crippen LogP contribution in [0.1, 0.15) is 38.6 Å². The predicted molar refractivity (Wildman–Crippen MR) is 106 cm³/mol. The highest BCUT2D eigenvalue weighted by molar-refractivity contribution is 7.93. The number of ether oxygens (including phenoxy) is 1. The van der Waals surface area contributed by atoms with Crippen molar-refractivity contribution in [3.63, 3.8) is 0 Å². The van der Waals surface area contributed by atoms with Gasteiger partial charge >= 0.3 is 0 Å². The lowest BCUT2D eigenvalue weighted by Crippen LogP contribution is -2.43. The van der Waals surface area contributed by atoms with E-state index in [-0.39, 0.29) is 28.9 Å². The molecule has 1 heterocycles. The Kier molecular flexibility index (Phi) is 7.06. The fourth-order valence-electron chi connectivity index (χ4n) is 2.70. The van der Waals surface area contributed by atoms with Crippen LogP contribution in [0.4, 0.5) is 5.69 Å². The summed E-state index contributed by atoms with van der Waals surface area (Å²) in [5, 5.41) is 6.54. The maximum atomic E-state index is 13.4. The zero-order valence-corrected chi connectivity index (χ0v) is 17.7. The van der Waals surface area contributed by atoms with Crippen LogP contribution in [0.15, 0.2) is 33.7 Å². The number of anilines is 1. The van der Waals surface area contributed by atoms with E-state index >= 15 is 0 Å². The Bertz CT molecular complexity index is 887. The Balaban J connectivity index is 2.45. The van der Waals surface area contributed by atoms with Crippen LogP contribution >= 0.6 is 0 Å². The largest absolute Gasteiger partial charge is 0.494 e. The molecule has 1 aromatic heterocycles. The molecule has 1 N–H and O–H groups in total. The molecule has 154 valence electrons. The van der Waals surface area contributed by atoms with Crippen molar-refractivity contribution in [2.45, 2.75) is 52.0 Å². The fraction of sp³-hybridized carbons (Fsp3) is 0.474. The third kappa shape index (κ3) is 4.83. The van der Waals surface area contributed by atoms with Gasteiger partial charge in [-0.25, -0.2) is 8.42 Å².